The van der Waals surface area contributed by atoms with Crippen molar-refractivity contribution in [1.29, 1.82) is 0 Å². The molecule has 0 saturated carbocycles. The maximum absolute atomic E-state index is 6.01. The molecule has 0 unspecified atom stereocenters. The Morgan fingerprint density at radius 2 is 1.90 bits per heavy atom. The molecule has 0 amide bonds. The Kier molecular flexibility index (Phi) is 4.77. The minimum absolute atomic E-state index is 0.218. The Hall–Kier alpha value is -1.40. The second-order valence-corrected chi connectivity index (χ2v) is 6.27. The smallest absolute Gasteiger partial charge is 0.232 e. The molecule has 108 valence electrons. The molecule has 0 aliphatic rings. The minimum atomic E-state index is 0.218. The van der Waals surface area contributed by atoms with Crippen LogP contribution in [0.3, 0.4) is 0 Å². The first-order chi connectivity index (χ1) is 9.47. The van der Waals surface area contributed by atoms with Crippen LogP contribution in [-0.4, -0.2) is 35.1 Å². The van der Waals surface area contributed by atoms with Crippen molar-refractivity contribution >= 4 is 34.8 Å². The molecule has 0 saturated heterocycles. The summed E-state index contributed by atoms with van der Waals surface area (Å²) in [6.07, 6.45) is 0. The van der Waals surface area contributed by atoms with Gasteiger partial charge in [-0.15, -0.1) is 11.3 Å². The summed E-state index contributed by atoms with van der Waals surface area (Å²) < 4.78 is 0. The first kappa shape index (κ1) is 15.0. The summed E-state index contributed by atoms with van der Waals surface area (Å²) in [5, 5.41) is 2.29. The number of hydrogen-bond donors (Lipinski definition) is 0. The van der Waals surface area contributed by atoms with E-state index in [1.165, 1.54) is 4.88 Å². The van der Waals surface area contributed by atoms with Crippen molar-refractivity contribution in [2.45, 2.75) is 26.4 Å². The van der Waals surface area contributed by atoms with E-state index in [2.05, 4.69) is 45.1 Å². The van der Waals surface area contributed by atoms with Crippen LogP contribution in [0.4, 0.5) is 11.9 Å². The Bertz CT molecular complexity index is 556. The molecule has 2 aromatic heterocycles. The molecule has 0 radical (unpaired) electrons. The number of hydrogen-bond acceptors (Lipinski definition) is 6. The van der Waals surface area contributed by atoms with Gasteiger partial charge >= 0.3 is 0 Å². The third-order valence-corrected chi connectivity index (χ3v) is 3.80. The van der Waals surface area contributed by atoms with E-state index in [1.54, 1.807) is 11.3 Å². The average Bonchev–Trinajstić information content (AvgIpc) is 2.87. The highest BCUT2D eigenvalue weighted by atomic mass is 35.5. The molecule has 20 heavy (non-hydrogen) atoms. The fourth-order valence-corrected chi connectivity index (χ4v) is 2.57. The van der Waals surface area contributed by atoms with E-state index in [9.17, 15) is 0 Å². The van der Waals surface area contributed by atoms with Crippen LogP contribution < -0.4 is 9.80 Å². The fourth-order valence-electron chi connectivity index (χ4n) is 1.71. The van der Waals surface area contributed by atoms with Crippen molar-refractivity contribution in [3.05, 3.63) is 27.7 Å². The number of nitrogens with zero attached hydrogens (tertiary/aromatic N) is 5. The van der Waals surface area contributed by atoms with Crippen LogP contribution >= 0.6 is 22.9 Å². The topological polar surface area (TPSA) is 45.2 Å². The standard InChI is InChI=1S/C13H18ClN5S/c1-9(2)19(8-10-6-5-7-20-10)13-16-11(14)15-12(17-13)18(3)4/h5-7,9H,8H2,1-4H3. The summed E-state index contributed by atoms with van der Waals surface area (Å²) >= 11 is 7.73. The highest BCUT2D eigenvalue weighted by Gasteiger charge is 2.17. The molecule has 7 heteroatoms. The van der Waals surface area contributed by atoms with E-state index in [0.717, 1.165) is 6.54 Å². The van der Waals surface area contributed by atoms with Crippen LogP contribution in [0.1, 0.15) is 18.7 Å². The van der Waals surface area contributed by atoms with E-state index in [1.807, 2.05) is 25.1 Å². The van der Waals surface area contributed by atoms with E-state index in [0.29, 0.717) is 11.9 Å². The molecule has 0 fully saturated rings. The maximum Gasteiger partial charge on any atom is 0.232 e. The quantitative estimate of drug-likeness (QED) is 0.849. The largest absolute Gasteiger partial charge is 0.347 e. The summed E-state index contributed by atoms with van der Waals surface area (Å²) in [5.74, 6) is 1.17. The van der Waals surface area contributed by atoms with Gasteiger partial charge in [0.05, 0.1) is 6.54 Å². The molecule has 5 nitrogen and oxygen atoms in total. The summed E-state index contributed by atoms with van der Waals surface area (Å²) in [5.41, 5.74) is 0. The molecule has 0 atom stereocenters. The van der Waals surface area contributed by atoms with Gasteiger partial charge in [-0.3, -0.25) is 0 Å². The molecular weight excluding hydrogens is 294 g/mol. The van der Waals surface area contributed by atoms with E-state index in [-0.39, 0.29) is 11.3 Å². The van der Waals surface area contributed by atoms with Gasteiger partial charge in [0.1, 0.15) is 0 Å². The van der Waals surface area contributed by atoms with Gasteiger partial charge in [-0.1, -0.05) is 6.07 Å². The zero-order valence-corrected chi connectivity index (χ0v) is 13.6. The third-order valence-electron chi connectivity index (χ3n) is 2.77. The Labute approximate surface area is 128 Å². The minimum Gasteiger partial charge on any atom is -0.347 e. The summed E-state index contributed by atoms with van der Waals surface area (Å²) in [7, 11) is 3.77. The van der Waals surface area contributed by atoms with Crippen LogP contribution in [0.15, 0.2) is 17.5 Å². The predicted octanol–water partition coefficient (Wildman–Crippen LogP) is 3.07. The lowest BCUT2D eigenvalue weighted by Gasteiger charge is -2.26. The van der Waals surface area contributed by atoms with E-state index >= 15 is 0 Å². The normalized spacial score (nSPS) is 10.9. The van der Waals surface area contributed by atoms with Gasteiger partial charge in [-0.05, 0) is 36.9 Å². The zero-order chi connectivity index (χ0) is 14.7. The second kappa shape index (κ2) is 6.37. The Balaban J connectivity index is 2.33. The van der Waals surface area contributed by atoms with Gasteiger partial charge < -0.3 is 9.80 Å². The molecule has 2 heterocycles. The van der Waals surface area contributed by atoms with E-state index in [4.69, 9.17) is 11.6 Å². The maximum atomic E-state index is 6.01. The van der Waals surface area contributed by atoms with Crippen molar-refractivity contribution in [3.63, 3.8) is 0 Å². The third kappa shape index (κ3) is 3.58. The van der Waals surface area contributed by atoms with Gasteiger partial charge in [0.2, 0.25) is 17.2 Å². The van der Waals surface area contributed by atoms with Crippen LogP contribution in [-0.2, 0) is 6.54 Å². The molecule has 0 aliphatic heterocycles. The van der Waals surface area contributed by atoms with Gasteiger partial charge in [0.25, 0.3) is 0 Å². The number of aromatic nitrogens is 3. The van der Waals surface area contributed by atoms with Gasteiger partial charge in [0, 0.05) is 25.0 Å². The van der Waals surface area contributed by atoms with Crippen molar-refractivity contribution in [2.24, 2.45) is 0 Å². The SMILES string of the molecule is CC(C)N(Cc1cccs1)c1nc(Cl)nc(N(C)C)n1. The molecule has 0 spiro atoms. The molecular formula is C13H18ClN5S. The van der Waals surface area contributed by atoms with Crippen molar-refractivity contribution in [3.8, 4) is 0 Å². The van der Waals surface area contributed by atoms with Crippen molar-refractivity contribution in [1.82, 2.24) is 15.0 Å². The number of thiophene rings is 1. The van der Waals surface area contributed by atoms with Gasteiger partial charge in [-0.2, -0.15) is 15.0 Å². The first-order valence-corrected chi connectivity index (χ1v) is 7.61. The molecule has 0 aromatic carbocycles. The number of halogens is 1. The van der Waals surface area contributed by atoms with Crippen LogP contribution in [0, 0.1) is 0 Å². The lowest BCUT2D eigenvalue weighted by molar-refractivity contribution is 0.661. The highest BCUT2D eigenvalue weighted by Crippen LogP contribution is 2.21. The predicted molar refractivity (Wildman–Crippen MR) is 84.8 cm³/mol. The van der Waals surface area contributed by atoms with Gasteiger partial charge in [0.15, 0.2) is 0 Å². The fraction of sp³-hybridized carbons (Fsp3) is 0.462. The Morgan fingerprint density at radius 3 is 2.45 bits per heavy atom. The van der Waals surface area contributed by atoms with Crippen molar-refractivity contribution < 1.29 is 0 Å². The molecule has 2 aromatic rings. The lowest BCUT2D eigenvalue weighted by atomic mass is 10.3. The molecule has 0 bridgehead atoms. The summed E-state index contributed by atoms with van der Waals surface area (Å²) in [4.78, 5) is 18.1. The average molecular weight is 312 g/mol. The monoisotopic (exact) mass is 311 g/mol. The van der Waals surface area contributed by atoms with Crippen LogP contribution in [0.5, 0.6) is 0 Å². The van der Waals surface area contributed by atoms with Crippen LogP contribution in [0.2, 0.25) is 5.28 Å². The second-order valence-electron chi connectivity index (χ2n) is 4.90. The van der Waals surface area contributed by atoms with Crippen LogP contribution in [0.25, 0.3) is 0 Å². The lowest BCUT2D eigenvalue weighted by Crippen LogP contribution is -2.32. The highest BCUT2D eigenvalue weighted by molar-refractivity contribution is 7.09. The molecule has 0 aliphatic carbocycles. The van der Waals surface area contributed by atoms with E-state index < -0.39 is 0 Å². The molecule has 2 rings (SSSR count). The van der Waals surface area contributed by atoms with Crippen molar-refractivity contribution in [2.75, 3.05) is 23.9 Å². The first-order valence-electron chi connectivity index (χ1n) is 6.35. The zero-order valence-electron chi connectivity index (χ0n) is 12.0. The number of anilines is 2. The summed E-state index contributed by atoms with van der Waals surface area (Å²) in [6, 6.07) is 4.42. The summed E-state index contributed by atoms with van der Waals surface area (Å²) in [6.45, 7) is 4.99. The van der Waals surface area contributed by atoms with Gasteiger partial charge in [-0.25, -0.2) is 0 Å². The number of rotatable bonds is 5. The molecule has 0 N–H and O–H groups in total. The Morgan fingerprint density at radius 1 is 1.20 bits per heavy atom.